The molecule has 2 N–H and O–H groups in total. The Balaban J connectivity index is 1.87. The minimum atomic E-state index is -0.551. The van der Waals surface area contributed by atoms with E-state index >= 15 is 0 Å². The molecule has 7 nitrogen and oxygen atoms in total. The van der Waals surface area contributed by atoms with Crippen molar-refractivity contribution in [2.45, 2.75) is 26.4 Å². The number of ether oxygens (including phenoxy) is 1. The Bertz CT molecular complexity index is 759. The van der Waals surface area contributed by atoms with Crippen LogP contribution in [0.25, 0.3) is 10.9 Å². The lowest BCUT2D eigenvalue weighted by Gasteiger charge is -2.19. The number of nitrogens with zero attached hydrogens (tertiary/aromatic N) is 2. The Hall–Kier alpha value is -2.22. The number of aromatic nitrogens is 2. The minimum absolute atomic E-state index is 0.266. The predicted octanol–water partition coefficient (Wildman–Crippen LogP) is 2.65. The summed E-state index contributed by atoms with van der Waals surface area (Å²) in [5.41, 5.74) is 0.418. The van der Waals surface area contributed by atoms with Gasteiger partial charge in [-0.05, 0) is 48.8 Å². The highest BCUT2D eigenvalue weighted by atomic mass is 79.9. The fourth-order valence-corrected chi connectivity index (χ4v) is 2.32. The normalized spacial score (nSPS) is 11.2. The molecule has 0 aliphatic heterocycles. The van der Waals surface area contributed by atoms with Gasteiger partial charge in [-0.25, -0.2) is 9.78 Å². The second-order valence-electron chi connectivity index (χ2n) is 6.07. The average Bonchev–Trinajstić information content (AvgIpc) is 2.50. The standard InChI is InChI=1S/C16H19BrN4O3/c1-16(2,3)24-15(23)20-7-6-19-14(22)12-5-4-10-8-18-9-11(17)13(10)21-12/h4-5,8-9H,6-7H2,1-3H3,(H,19,22)(H,20,23). The molecule has 0 unspecified atom stereocenters. The molecule has 2 aromatic heterocycles. The first-order valence-electron chi connectivity index (χ1n) is 7.41. The highest BCUT2D eigenvalue weighted by Crippen LogP contribution is 2.20. The smallest absolute Gasteiger partial charge is 0.407 e. The monoisotopic (exact) mass is 394 g/mol. The van der Waals surface area contributed by atoms with E-state index < -0.39 is 11.7 Å². The molecule has 2 aromatic rings. The molecule has 2 rings (SSSR count). The number of hydrogen-bond acceptors (Lipinski definition) is 5. The summed E-state index contributed by atoms with van der Waals surface area (Å²) in [5, 5.41) is 6.11. The first kappa shape index (κ1) is 18.1. The SMILES string of the molecule is CC(C)(C)OC(=O)NCCNC(=O)c1ccc2cncc(Br)c2n1. The first-order valence-corrected chi connectivity index (χ1v) is 8.21. The highest BCUT2D eigenvalue weighted by Gasteiger charge is 2.15. The summed E-state index contributed by atoms with van der Waals surface area (Å²) in [4.78, 5) is 32.0. The van der Waals surface area contributed by atoms with E-state index in [2.05, 4.69) is 36.5 Å². The van der Waals surface area contributed by atoms with Gasteiger partial charge in [-0.15, -0.1) is 0 Å². The van der Waals surface area contributed by atoms with Crippen LogP contribution in [0, 0.1) is 0 Å². The summed E-state index contributed by atoms with van der Waals surface area (Å²) in [6.07, 6.45) is 2.79. The van der Waals surface area contributed by atoms with Crippen molar-refractivity contribution in [1.29, 1.82) is 0 Å². The molecular weight excluding hydrogens is 376 g/mol. The summed E-state index contributed by atoms with van der Waals surface area (Å²) >= 11 is 3.37. The van der Waals surface area contributed by atoms with Crippen molar-refractivity contribution >= 4 is 38.8 Å². The summed E-state index contributed by atoms with van der Waals surface area (Å²) in [7, 11) is 0. The largest absolute Gasteiger partial charge is 0.444 e. The zero-order valence-corrected chi connectivity index (χ0v) is 15.3. The van der Waals surface area contributed by atoms with Crippen molar-refractivity contribution in [1.82, 2.24) is 20.6 Å². The van der Waals surface area contributed by atoms with Gasteiger partial charge in [0.05, 0.1) is 9.99 Å². The molecule has 2 amide bonds. The van der Waals surface area contributed by atoms with Gasteiger partial charge >= 0.3 is 6.09 Å². The molecule has 0 atom stereocenters. The molecule has 2 heterocycles. The Labute approximate surface area is 148 Å². The topological polar surface area (TPSA) is 93.2 Å². The molecule has 0 aromatic carbocycles. The van der Waals surface area contributed by atoms with Crippen molar-refractivity contribution in [2.75, 3.05) is 13.1 Å². The van der Waals surface area contributed by atoms with Crippen molar-refractivity contribution in [2.24, 2.45) is 0 Å². The molecular formula is C16H19BrN4O3. The quantitative estimate of drug-likeness (QED) is 0.777. The van der Waals surface area contributed by atoms with Gasteiger partial charge in [-0.2, -0.15) is 0 Å². The van der Waals surface area contributed by atoms with Gasteiger partial charge in [0, 0.05) is 30.9 Å². The second-order valence-corrected chi connectivity index (χ2v) is 6.93. The Kier molecular flexibility index (Phi) is 5.71. The molecule has 0 spiro atoms. The molecule has 0 radical (unpaired) electrons. The van der Waals surface area contributed by atoms with Crippen LogP contribution in [0.2, 0.25) is 0 Å². The zero-order valence-electron chi connectivity index (χ0n) is 13.7. The maximum absolute atomic E-state index is 12.1. The number of carbonyl (C=O) groups is 2. The lowest BCUT2D eigenvalue weighted by molar-refractivity contribution is 0.0526. The van der Waals surface area contributed by atoms with Crippen LogP contribution in [-0.2, 0) is 4.74 Å². The molecule has 128 valence electrons. The lowest BCUT2D eigenvalue weighted by atomic mass is 10.2. The van der Waals surface area contributed by atoms with E-state index in [-0.39, 0.29) is 19.0 Å². The molecule has 0 saturated heterocycles. The van der Waals surface area contributed by atoms with Crippen LogP contribution in [0.4, 0.5) is 4.79 Å². The van der Waals surface area contributed by atoms with Gasteiger partial charge in [0.2, 0.25) is 0 Å². The zero-order chi connectivity index (χ0) is 17.7. The van der Waals surface area contributed by atoms with E-state index in [0.29, 0.717) is 11.2 Å². The number of pyridine rings is 2. The van der Waals surface area contributed by atoms with Crippen LogP contribution < -0.4 is 10.6 Å². The first-order chi connectivity index (χ1) is 11.3. The summed E-state index contributed by atoms with van der Waals surface area (Å²) in [6, 6.07) is 3.42. The van der Waals surface area contributed by atoms with Crippen LogP contribution >= 0.6 is 15.9 Å². The molecule has 0 fully saturated rings. The molecule has 8 heteroatoms. The van der Waals surface area contributed by atoms with E-state index in [1.807, 2.05) is 0 Å². The molecule has 0 saturated carbocycles. The van der Waals surface area contributed by atoms with E-state index in [1.165, 1.54) is 0 Å². The van der Waals surface area contributed by atoms with Crippen molar-refractivity contribution in [3.63, 3.8) is 0 Å². The number of amides is 2. The predicted molar refractivity (Wildman–Crippen MR) is 93.8 cm³/mol. The number of fused-ring (bicyclic) bond motifs is 1. The third-order valence-corrected chi connectivity index (χ3v) is 3.45. The Morgan fingerprint density at radius 3 is 2.58 bits per heavy atom. The van der Waals surface area contributed by atoms with Crippen LogP contribution in [0.5, 0.6) is 0 Å². The molecule has 0 bridgehead atoms. The number of rotatable bonds is 4. The van der Waals surface area contributed by atoms with Crippen LogP contribution in [-0.4, -0.2) is 40.7 Å². The lowest BCUT2D eigenvalue weighted by Crippen LogP contribution is -2.38. The van der Waals surface area contributed by atoms with Gasteiger partial charge in [0.25, 0.3) is 5.91 Å². The van der Waals surface area contributed by atoms with E-state index in [0.717, 1.165) is 9.86 Å². The maximum Gasteiger partial charge on any atom is 0.407 e. The molecule has 0 aliphatic carbocycles. The van der Waals surface area contributed by atoms with E-state index in [1.54, 1.807) is 45.3 Å². The van der Waals surface area contributed by atoms with Crippen LogP contribution in [0.3, 0.4) is 0 Å². The van der Waals surface area contributed by atoms with Crippen LogP contribution in [0.15, 0.2) is 29.0 Å². The number of nitrogens with one attached hydrogen (secondary N) is 2. The van der Waals surface area contributed by atoms with Crippen molar-refractivity contribution in [3.05, 3.63) is 34.7 Å². The summed E-state index contributed by atoms with van der Waals surface area (Å²) in [5.74, 6) is -0.313. The van der Waals surface area contributed by atoms with Gasteiger partial charge in [0.15, 0.2) is 0 Å². The van der Waals surface area contributed by atoms with Gasteiger partial charge in [-0.1, -0.05) is 0 Å². The van der Waals surface area contributed by atoms with Crippen molar-refractivity contribution in [3.8, 4) is 0 Å². The second kappa shape index (κ2) is 7.57. The van der Waals surface area contributed by atoms with Crippen LogP contribution in [0.1, 0.15) is 31.3 Å². The number of alkyl carbamates (subject to hydrolysis) is 1. The minimum Gasteiger partial charge on any atom is -0.444 e. The maximum atomic E-state index is 12.1. The summed E-state index contributed by atoms with van der Waals surface area (Å²) in [6.45, 7) is 5.89. The third kappa shape index (κ3) is 5.16. The van der Waals surface area contributed by atoms with Gasteiger partial charge in [-0.3, -0.25) is 9.78 Å². The van der Waals surface area contributed by atoms with E-state index in [4.69, 9.17) is 4.74 Å². The van der Waals surface area contributed by atoms with Crippen molar-refractivity contribution < 1.29 is 14.3 Å². The van der Waals surface area contributed by atoms with Gasteiger partial charge in [0.1, 0.15) is 11.3 Å². The van der Waals surface area contributed by atoms with Gasteiger partial charge < -0.3 is 15.4 Å². The number of halogens is 1. The number of carbonyl (C=O) groups excluding carboxylic acids is 2. The Morgan fingerprint density at radius 2 is 1.88 bits per heavy atom. The average molecular weight is 395 g/mol. The third-order valence-electron chi connectivity index (χ3n) is 2.87. The summed E-state index contributed by atoms with van der Waals surface area (Å²) < 4.78 is 5.83. The number of hydrogen-bond donors (Lipinski definition) is 2. The Morgan fingerprint density at radius 1 is 1.17 bits per heavy atom. The van der Waals surface area contributed by atoms with E-state index in [9.17, 15) is 9.59 Å². The fourth-order valence-electron chi connectivity index (χ4n) is 1.88. The molecule has 0 aliphatic rings. The fraction of sp³-hybridized carbons (Fsp3) is 0.375. The molecule has 24 heavy (non-hydrogen) atoms. The highest BCUT2D eigenvalue weighted by molar-refractivity contribution is 9.10.